The molecule has 19 heavy (non-hydrogen) atoms. The van der Waals surface area contributed by atoms with E-state index < -0.39 is 0 Å². The molecular formula is C16H18N2O. The highest BCUT2D eigenvalue weighted by Crippen LogP contribution is 2.17. The Morgan fingerprint density at radius 3 is 2.32 bits per heavy atom. The minimum Gasteiger partial charge on any atom is -0.307 e. The summed E-state index contributed by atoms with van der Waals surface area (Å²) in [5, 5.41) is 2.95. The zero-order chi connectivity index (χ0) is 13.7. The monoisotopic (exact) mass is 254 g/mol. The highest BCUT2D eigenvalue weighted by Gasteiger charge is 2.13. The first-order chi connectivity index (χ1) is 9.22. The zero-order valence-corrected chi connectivity index (χ0v) is 11.3. The van der Waals surface area contributed by atoms with Crippen LogP contribution in [-0.4, -0.2) is 12.6 Å². The van der Waals surface area contributed by atoms with E-state index >= 15 is 0 Å². The molecule has 3 heteroatoms. The van der Waals surface area contributed by atoms with E-state index in [9.17, 15) is 4.79 Å². The summed E-state index contributed by atoms with van der Waals surface area (Å²) in [6.45, 7) is 4.57. The summed E-state index contributed by atoms with van der Waals surface area (Å²) in [6.07, 6.45) is 0. The molecule has 0 aliphatic carbocycles. The SMILES string of the molecule is CCN(C(=O)Nc1ccccc1C)c1ccccc1. The third-order valence-electron chi connectivity index (χ3n) is 3.02. The number of aryl methyl sites for hydroxylation is 1. The lowest BCUT2D eigenvalue weighted by Crippen LogP contribution is -2.34. The molecule has 0 aromatic heterocycles. The Morgan fingerprint density at radius 1 is 1.05 bits per heavy atom. The van der Waals surface area contributed by atoms with Crippen molar-refractivity contribution in [2.45, 2.75) is 13.8 Å². The lowest BCUT2D eigenvalue weighted by atomic mass is 10.2. The largest absolute Gasteiger partial charge is 0.326 e. The van der Waals surface area contributed by atoms with Gasteiger partial charge in [0.25, 0.3) is 0 Å². The van der Waals surface area contributed by atoms with E-state index in [1.165, 1.54) is 0 Å². The number of anilines is 2. The number of nitrogens with one attached hydrogen (secondary N) is 1. The van der Waals surface area contributed by atoms with Crippen molar-refractivity contribution in [3.8, 4) is 0 Å². The van der Waals surface area contributed by atoms with Crippen molar-refractivity contribution in [2.24, 2.45) is 0 Å². The number of benzene rings is 2. The van der Waals surface area contributed by atoms with E-state index in [2.05, 4.69) is 5.32 Å². The zero-order valence-electron chi connectivity index (χ0n) is 11.3. The summed E-state index contributed by atoms with van der Waals surface area (Å²) >= 11 is 0. The maximum atomic E-state index is 12.3. The molecule has 98 valence electrons. The average molecular weight is 254 g/mol. The average Bonchev–Trinajstić information content (AvgIpc) is 2.43. The van der Waals surface area contributed by atoms with Gasteiger partial charge in [0.15, 0.2) is 0 Å². The predicted molar refractivity (Wildman–Crippen MR) is 79.7 cm³/mol. The molecule has 0 radical (unpaired) electrons. The van der Waals surface area contributed by atoms with Crippen molar-refractivity contribution in [1.82, 2.24) is 0 Å². The molecule has 0 atom stereocenters. The summed E-state index contributed by atoms with van der Waals surface area (Å²) < 4.78 is 0. The molecule has 2 rings (SSSR count). The first-order valence-corrected chi connectivity index (χ1v) is 6.41. The minimum atomic E-state index is -0.108. The molecule has 0 aliphatic rings. The summed E-state index contributed by atoms with van der Waals surface area (Å²) in [7, 11) is 0. The first kappa shape index (κ1) is 13.1. The van der Waals surface area contributed by atoms with Crippen LogP contribution in [0.15, 0.2) is 54.6 Å². The van der Waals surface area contributed by atoms with Gasteiger partial charge in [-0.3, -0.25) is 4.90 Å². The van der Waals surface area contributed by atoms with E-state index in [0.29, 0.717) is 6.54 Å². The van der Waals surface area contributed by atoms with Crippen LogP contribution in [0.3, 0.4) is 0 Å². The number of carbonyl (C=O) groups excluding carboxylic acids is 1. The van der Waals surface area contributed by atoms with Crippen molar-refractivity contribution >= 4 is 17.4 Å². The number of amides is 2. The fraction of sp³-hybridized carbons (Fsp3) is 0.188. The van der Waals surface area contributed by atoms with Crippen LogP contribution in [0, 0.1) is 6.92 Å². The molecule has 0 unspecified atom stereocenters. The number of rotatable bonds is 3. The van der Waals surface area contributed by atoms with Gasteiger partial charge in [-0.2, -0.15) is 0 Å². The Labute approximate surface area is 113 Å². The third kappa shape index (κ3) is 3.13. The van der Waals surface area contributed by atoms with Gasteiger partial charge in [-0.1, -0.05) is 36.4 Å². The van der Waals surface area contributed by atoms with Crippen molar-refractivity contribution < 1.29 is 4.79 Å². The summed E-state index contributed by atoms with van der Waals surface area (Å²) in [5.74, 6) is 0. The first-order valence-electron chi connectivity index (χ1n) is 6.41. The summed E-state index contributed by atoms with van der Waals surface area (Å²) in [4.78, 5) is 14.0. The van der Waals surface area contributed by atoms with E-state index in [-0.39, 0.29) is 6.03 Å². The maximum Gasteiger partial charge on any atom is 0.326 e. The van der Waals surface area contributed by atoms with Crippen LogP contribution < -0.4 is 10.2 Å². The fourth-order valence-electron chi connectivity index (χ4n) is 1.95. The van der Waals surface area contributed by atoms with E-state index in [1.807, 2.05) is 68.4 Å². The molecule has 2 aromatic rings. The third-order valence-corrected chi connectivity index (χ3v) is 3.02. The number of para-hydroxylation sites is 2. The van der Waals surface area contributed by atoms with E-state index in [0.717, 1.165) is 16.9 Å². The highest BCUT2D eigenvalue weighted by molar-refractivity contribution is 6.02. The van der Waals surface area contributed by atoms with Crippen molar-refractivity contribution in [2.75, 3.05) is 16.8 Å². The summed E-state index contributed by atoms with van der Waals surface area (Å²) in [6, 6.07) is 17.3. The molecule has 2 amide bonds. The van der Waals surface area contributed by atoms with Crippen molar-refractivity contribution in [3.05, 3.63) is 60.2 Å². The normalized spacial score (nSPS) is 10.0. The van der Waals surface area contributed by atoms with Crippen LogP contribution in [0.2, 0.25) is 0 Å². The Hall–Kier alpha value is -2.29. The lowest BCUT2D eigenvalue weighted by molar-refractivity contribution is 0.257. The van der Waals surface area contributed by atoms with E-state index in [4.69, 9.17) is 0 Å². The van der Waals surface area contributed by atoms with Crippen LogP contribution in [-0.2, 0) is 0 Å². The molecule has 0 saturated carbocycles. The second-order valence-electron chi connectivity index (χ2n) is 4.32. The maximum absolute atomic E-state index is 12.3. The standard InChI is InChI=1S/C16H18N2O/c1-3-18(14-10-5-4-6-11-14)16(19)17-15-12-8-7-9-13(15)2/h4-12H,3H2,1-2H3,(H,17,19). The molecule has 0 spiro atoms. The topological polar surface area (TPSA) is 32.3 Å². The molecule has 1 N–H and O–H groups in total. The van der Waals surface area contributed by atoms with Gasteiger partial charge in [0, 0.05) is 17.9 Å². The minimum absolute atomic E-state index is 0.108. The van der Waals surface area contributed by atoms with Gasteiger partial charge in [0.2, 0.25) is 0 Å². The smallest absolute Gasteiger partial charge is 0.307 e. The second-order valence-corrected chi connectivity index (χ2v) is 4.32. The van der Waals surface area contributed by atoms with Gasteiger partial charge in [0.1, 0.15) is 0 Å². The molecule has 2 aromatic carbocycles. The van der Waals surface area contributed by atoms with Gasteiger partial charge >= 0.3 is 6.03 Å². The summed E-state index contributed by atoms with van der Waals surface area (Å²) in [5.41, 5.74) is 2.80. The van der Waals surface area contributed by atoms with Crippen LogP contribution in [0.5, 0.6) is 0 Å². The molecule has 0 saturated heterocycles. The molecule has 0 aliphatic heterocycles. The predicted octanol–water partition coefficient (Wildman–Crippen LogP) is 4.05. The molecule has 3 nitrogen and oxygen atoms in total. The Morgan fingerprint density at radius 2 is 1.68 bits per heavy atom. The van der Waals surface area contributed by atoms with Gasteiger partial charge in [-0.25, -0.2) is 4.79 Å². The van der Waals surface area contributed by atoms with Crippen LogP contribution >= 0.6 is 0 Å². The van der Waals surface area contributed by atoms with Gasteiger partial charge in [-0.05, 0) is 37.6 Å². The number of nitrogens with zero attached hydrogens (tertiary/aromatic N) is 1. The van der Waals surface area contributed by atoms with E-state index in [1.54, 1.807) is 4.90 Å². The highest BCUT2D eigenvalue weighted by atomic mass is 16.2. The Bertz CT molecular complexity index is 552. The number of hydrogen-bond donors (Lipinski definition) is 1. The van der Waals surface area contributed by atoms with Gasteiger partial charge in [0.05, 0.1) is 0 Å². The van der Waals surface area contributed by atoms with Gasteiger partial charge < -0.3 is 5.32 Å². The Balaban J connectivity index is 2.17. The number of carbonyl (C=O) groups is 1. The fourth-order valence-corrected chi connectivity index (χ4v) is 1.95. The Kier molecular flexibility index (Phi) is 4.18. The molecule has 0 heterocycles. The number of urea groups is 1. The van der Waals surface area contributed by atoms with Crippen molar-refractivity contribution in [3.63, 3.8) is 0 Å². The van der Waals surface area contributed by atoms with Gasteiger partial charge in [-0.15, -0.1) is 0 Å². The van der Waals surface area contributed by atoms with Crippen molar-refractivity contribution in [1.29, 1.82) is 0 Å². The quantitative estimate of drug-likeness (QED) is 0.880. The van der Waals surface area contributed by atoms with Crippen LogP contribution in [0.25, 0.3) is 0 Å². The number of hydrogen-bond acceptors (Lipinski definition) is 1. The molecular weight excluding hydrogens is 236 g/mol. The lowest BCUT2D eigenvalue weighted by Gasteiger charge is -2.22. The molecule has 0 bridgehead atoms. The van der Waals surface area contributed by atoms with Crippen LogP contribution in [0.4, 0.5) is 16.2 Å². The second kappa shape index (κ2) is 6.05. The molecule has 0 fully saturated rings. The van der Waals surface area contributed by atoms with Crippen LogP contribution in [0.1, 0.15) is 12.5 Å².